The number of nitrogens with zero attached hydrogens (tertiary/aromatic N) is 3. The third-order valence-corrected chi connectivity index (χ3v) is 3.48. The van der Waals surface area contributed by atoms with Crippen LogP contribution < -0.4 is 10.6 Å². The summed E-state index contributed by atoms with van der Waals surface area (Å²) in [5.41, 5.74) is 0.888. The van der Waals surface area contributed by atoms with Crippen LogP contribution in [0.1, 0.15) is 35.0 Å². The lowest BCUT2D eigenvalue weighted by Crippen LogP contribution is -2.32. The van der Waals surface area contributed by atoms with Gasteiger partial charge in [0.2, 0.25) is 5.82 Å². The Morgan fingerprint density at radius 3 is 2.62 bits per heavy atom. The van der Waals surface area contributed by atoms with Crippen LogP contribution in [-0.2, 0) is 0 Å². The normalized spacial score (nSPS) is 11.2. The Kier molecular flexibility index (Phi) is 5.92. The van der Waals surface area contributed by atoms with E-state index in [0.29, 0.717) is 24.5 Å². The highest BCUT2D eigenvalue weighted by Gasteiger charge is 2.21. The molecule has 0 aliphatic heterocycles. The summed E-state index contributed by atoms with van der Waals surface area (Å²) >= 11 is 0. The number of hydrogen-bond donors (Lipinski definition) is 2. The van der Waals surface area contributed by atoms with Crippen LogP contribution in [-0.4, -0.2) is 59.8 Å². The number of rotatable bonds is 7. The average Bonchev–Trinajstić information content (AvgIpc) is 2.92. The summed E-state index contributed by atoms with van der Waals surface area (Å²) < 4.78 is 1.65. The van der Waals surface area contributed by atoms with Crippen molar-refractivity contribution in [2.24, 2.45) is 5.92 Å². The summed E-state index contributed by atoms with van der Waals surface area (Å²) in [6.07, 6.45) is 1.74. The van der Waals surface area contributed by atoms with Gasteiger partial charge in [-0.05, 0) is 32.1 Å². The standard InChI is InChI=1S/C17H25N5O2/c1-12(2)11-19-17(24)15-20-14(13-7-5-6-9-22(13)15)16(23)18-8-10-21(3)4/h5-7,9,12H,8,10-11H2,1-4H3,(H,18,23)(H,19,24). The van der Waals surface area contributed by atoms with Crippen molar-refractivity contribution in [3.8, 4) is 0 Å². The lowest BCUT2D eigenvalue weighted by Gasteiger charge is -2.09. The van der Waals surface area contributed by atoms with Crippen LogP contribution in [0.5, 0.6) is 0 Å². The van der Waals surface area contributed by atoms with E-state index in [-0.39, 0.29) is 23.3 Å². The molecule has 0 unspecified atom stereocenters. The average molecular weight is 331 g/mol. The zero-order valence-corrected chi connectivity index (χ0v) is 14.7. The molecule has 130 valence electrons. The highest BCUT2D eigenvalue weighted by Crippen LogP contribution is 2.13. The van der Waals surface area contributed by atoms with Crippen LogP contribution in [0.3, 0.4) is 0 Å². The number of fused-ring (bicyclic) bond motifs is 1. The van der Waals surface area contributed by atoms with Crippen LogP contribution in [0.4, 0.5) is 0 Å². The summed E-state index contributed by atoms with van der Waals surface area (Å²) in [5.74, 6) is 0.0127. The van der Waals surface area contributed by atoms with Crippen molar-refractivity contribution in [1.29, 1.82) is 0 Å². The van der Waals surface area contributed by atoms with Crippen molar-refractivity contribution in [2.45, 2.75) is 13.8 Å². The molecular formula is C17H25N5O2. The molecule has 2 heterocycles. The van der Waals surface area contributed by atoms with E-state index in [1.165, 1.54) is 0 Å². The number of nitrogens with one attached hydrogen (secondary N) is 2. The summed E-state index contributed by atoms with van der Waals surface area (Å²) in [4.78, 5) is 31.0. The molecule has 2 aromatic heterocycles. The Balaban J connectivity index is 2.25. The molecule has 0 spiro atoms. The van der Waals surface area contributed by atoms with Gasteiger partial charge in [0, 0.05) is 25.8 Å². The fourth-order valence-electron chi connectivity index (χ4n) is 2.22. The second kappa shape index (κ2) is 7.92. The summed E-state index contributed by atoms with van der Waals surface area (Å²) in [6, 6.07) is 5.41. The molecule has 7 nitrogen and oxygen atoms in total. The van der Waals surface area contributed by atoms with Crippen molar-refractivity contribution in [3.63, 3.8) is 0 Å². The molecule has 0 fully saturated rings. The predicted octanol–water partition coefficient (Wildman–Crippen LogP) is 1.01. The molecule has 2 amide bonds. The van der Waals surface area contributed by atoms with E-state index in [4.69, 9.17) is 0 Å². The maximum absolute atomic E-state index is 12.4. The summed E-state index contributed by atoms with van der Waals surface area (Å²) in [5, 5.41) is 5.68. The van der Waals surface area contributed by atoms with Gasteiger partial charge in [0.05, 0.1) is 5.52 Å². The minimum atomic E-state index is -0.280. The molecule has 0 aliphatic carbocycles. The number of pyridine rings is 1. The Labute approximate surface area is 142 Å². The molecular weight excluding hydrogens is 306 g/mol. The molecule has 24 heavy (non-hydrogen) atoms. The molecule has 0 saturated carbocycles. The number of aromatic nitrogens is 2. The Morgan fingerprint density at radius 1 is 1.21 bits per heavy atom. The first-order valence-electron chi connectivity index (χ1n) is 8.08. The van der Waals surface area contributed by atoms with Crippen LogP contribution in [0, 0.1) is 5.92 Å². The van der Waals surface area contributed by atoms with Gasteiger partial charge in [-0.1, -0.05) is 19.9 Å². The van der Waals surface area contributed by atoms with Crippen molar-refractivity contribution >= 4 is 17.3 Å². The highest BCUT2D eigenvalue weighted by molar-refractivity contribution is 6.02. The first kappa shape index (κ1) is 17.9. The van der Waals surface area contributed by atoms with Crippen molar-refractivity contribution in [2.75, 3.05) is 33.7 Å². The van der Waals surface area contributed by atoms with Gasteiger partial charge in [-0.15, -0.1) is 0 Å². The van der Waals surface area contributed by atoms with Gasteiger partial charge in [0.1, 0.15) is 0 Å². The van der Waals surface area contributed by atoms with Gasteiger partial charge in [-0.3, -0.25) is 14.0 Å². The molecule has 2 rings (SSSR count). The quantitative estimate of drug-likeness (QED) is 0.794. The smallest absolute Gasteiger partial charge is 0.287 e. The minimum absolute atomic E-state index is 0.226. The zero-order valence-electron chi connectivity index (χ0n) is 14.7. The summed E-state index contributed by atoms with van der Waals surface area (Å²) in [6.45, 7) is 5.86. The SMILES string of the molecule is CC(C)CNC(=O)c1nc(C(=O)NCCN(C)C)c2ccccn12. The van der Waals surface area contributed by atoms with Gasteiger partial charge in [-0.25, -0.2) is 4.98 Å². The molecule has 0 saturated heterocycles. The van der Waals surface area contributed by atoms with E-state index in [9.17, 15) is 9.59 Å². The van der Waals surface area contributed by atoms with Gasteiger partial charge in [-0.2, -0.15) is 0 Å². The van der Waals surface area contributed by atoms with Gasteiger partial charge in [0.15, 0.2) is 5.69 Å². The van der Waals surface area contributed by atoms with E-state index in [2.05, 4.69) is 15.6 Å². The Morgan fingerprint density at radius 2 is 1.96 bits per heavy atom. The number of carbonyl (C=O) groups is 2. The number of carbonyl (C=O) groups excluding carboxylic acids is 2. The molecule has 0 aliphatic rings. The van der Waals surface area contributed by atoms with Crippen LogP contribution >= 0.6 is 0 Å². The molecule has 2 aromatic rings. The molecule has 0 radical (unpaired) electrons. The topological polar surface area (TPSA) is 78.7 Å². The largest absolute Gasteiger partial charge is 0.349 e. The molecule has 0 aromatic carbocycles. The first-order valence-corrected chi connectivity index (χ1v) is 8.08. The molecule has 0 atom stereocenters. The van der Waals surface area contributed by atoms with E-state index >= 15 is 0 Å². The third-order valence-electron chi connectivity index (χ3n) is 3.48. The molecule has 0 bridgehead atoms. The zero-order chi connectivity index (χ0) is 17.7. The number of likely N-dealkylation sites (N-methyl/N-ethyl adjacent to an activating group) is 1. The van der Waals surface area contributed by atoms with E-state index in [0.717, 1.165) is 6.54 Å². The van der Waals surface area contributed by atoms with Crippen LogP contribution in [0.2, 0.25) is 0 Å². The molecule has 7 heteroatoms. The minimum Gasteiger partial charge on any atom is -0.349 e. The van der Waals surface area contributed by atoms with Crippen molar-refractivity contribution < 1.29 is 9.59 Å². The first-order chi connectivity index (χ1) is 11.4. The third kappa shape index (κ3) is 4.32. The van der Waals surface area contributed by atoms with Gasteiger partial charge < -0.3 is 15.5 Å². The number of amides is 2. The molecule has 2 N–H and O–H groups in total. The second-order valence-corrected chi connectivity index (χ2v) is 6.40. The van der Waals surface area contributed by atoms with Crippen LogP contribution in [0.25, 0.3) is 5.52 Å². The lowest BCUT2D eigenvalue weighted by molar-refractivity contribution is 0.0938. The number of hydrogen-bond acceptors (Lipinski definition) is 4. The Hall–Kier alpha value is -2.41. The highest BCUT2D eigenvalue weighted by atomic mass is 16.2. The van der Waals surface area contributed by atoms with Gasteiger partial charge >= 0.3 is 0 Å². The maximum atomic E-state index is 12.4. The second-order valence-electron chi connectivity index (χ2n) is 6.40. The fourth-order valence-corrected chi connectivity index (χ4v) is 2.22. The van der Waals surface area contributed by atoms with E-state index in [1.807, 2.05) is 45.0 Å². The Bertz CT molecular complexity index is 721. The fraction of sp³-hybridized carbons (Fsp3) is 0.471. The number of imidazole rings is 1. The predicted molar refractivity (Wildman–Crippen MR) is 93.3 cm³/mol. The lowest BCUT2D eigenvalue weighted by atomic mass is 10.2. The van der Waals surface area contributed by atoms with Gasteiger partial charge in [0.25, 0.3) is 11.8 Å². The summed E-state index contributed by atoms with van der Waals surface area (Å²) in [7, 11) is 3.88. The van der Waals surface area contributed by atoms with E-state index in [1.54, 1.807) is 16.7 Å². The van der Waals surface area contributed by atoms with Crippen molar-refractivity contribution in [3.05, 3.63) is 35.9 Å². The van der Waals surface area contributed by atoms with Crippen LogP contribution in [0.15, 0.2) is 24.4 Å². The van der Waals surface area contributed by atoms with Crippen molar-refractivity contribution in [1.82, 2.24) is 24.9 Å². The van der Waals surface area contributed by atoms with E-state index < -0.39 is 0 Å². The maximum Gasteiger partial charge on any atom is 0.287 e. The monoisotopic (exact) mass is 331 g/mol.